The van der Waals surface area contributed by atoms with Crippen LogP contribution in [-0.4, -0.2) is 23.1 Å². The van der Waals surface area contributed by atoms with Crippen LogP contribution < -0.4 is 4.74 Å². The van der Waals surface area contributed by atoms with Gasteiger partial charge in [-0.25, -0.2) is 4.79 Å². The number of nitrogens with zero attached hydrogens (tertiary/aromatic N) is 1. The monoisotopic (exact) mass is 305 g/mol. The number of nitro benzene ring substituents is 1. The van der Waals surface area contributed by atoms with Gasteiger partial charge in [0.1, 0.15) is 11.3 Å². The van der Waals surface area contributed by atoms with Crippen molar-refractivity contribution in [2.75, 3.05) is 7.11 Å². The molecule has 7 heteroatoms. The molecule has 0 atom stereocenters. The van der Waals surface area contributed by atoms with Gasteiger partial charge in [0.15, 0.2) is 0 Å². The van der Waals surface area contributed by atoms with E-state index in [-0.39, 0.29) is 5.56 Å². The summed E-state index contributed by atoms with van der Waals surface area (Å²) < 4.78 is 5.11. The lowest BCUT2D eigenvalue weighted by atomic mass is 10.2. The van der Waals surface area contributed by atoms with Crippen molar-refractivity contribution in [2.45, 2.75) is 9.79 Å². The zero-order valence-corrected chi connectivity index (χ0v) is 11.8. The van der Waals surface area contributed by atoms with Gasteiger partial charge in [0.25, 0.3) is 5.69 Å². The number of hydrogen-bond acceptors (Lipinski definition) is 5. The van der Waals surface area contributed by atoms with Crippen molar-refractivity contribution >= 4 is 23.4 Å². The molecule has 108 valence electrons. The summed E-state index contributed by atoms with van der Waals surface area (Å²) in [6, 6.07) is 11.3. The van der Waals surface area contributed by atoms with Gasteiger partial charge < -0.3 is 9.84 Å². The first-order valence-corrected chi connectivity index (χ1v) is 6.66. The molecule has 2 aromatic rings. The molecule has 1 N–H and O–H groups in total. The van der Waals surface area contributed by atoms with Gasteiger partial charge >= 0.3 is 5.97 Å². The Balaban J connectivity index is 2.34. The molecule has 0 aliphatic carbocycles. The minimum Gasteiger partial charge on any atom is -0.497 e. The quantitative estimate of drug-likeness (QED) is 0.672. The molecule has 2 aromatic carbocycles. The summed E-state index contributed by atoms with van der Waals surface area (Å²) in [5, 5.41) is 19.9. The lowest BCUT2D eigenvalue weighted by molar-refractivity contribution is -0.385. The molecule has 0 unspecified atom stereocenters. The topological polar surface area (TPSA) is 89.7 Å². The van der Waals surface area contributed by atoms with Crippen LogP contribution in [0.25, 0.3) is 0 Å². The van der Waals surface area contributed by atoms with E-state index in [9.17, 15) is 14.9 Å². The molecule has 21 heavy (non-hydrogen) atoms. The highest BCUT2D eigenvalue weighted by atomic mass is 32.2. The van der Waals surface area contributed by atoms with Gasteiger partial charge in [-0.15, -0.1) is 0 Å². The first kappa shape index (κ1) is 14.9. The third-order valence-corrected chi connectivity index (χ3v) is 3.65. The van der Waals surface area contributed by atoms with Gasteiger partial charge in [-0.1, -0.05) is 17.8 Å². The van der Waals surface area contributed by atoms with Crippen LogP contribution in [0.2, 0.25) is 0 Å². The van der Waals surface area contributed by atoms with Crippen molar-refractivity contribution in [3.63, 3.8) is 0 Å². The fourth-order valence-electron chi connectivity index (χ4n) is 1.71. The highest BCUT2D eigenvalue weighted by molar-refractivity contribution is 7.99. The van der Waals surface area contributed by atoms with Crippen molar-refractivity contribution < 1.29 is 19.6 Å². The number of aromatic carboxylic acids is 1. The molecule has 0 aliphatic heterocycles. The molecular formula is C14H11NO5S. The Morgan fingerprint density at radius 2 is 1.95 bits per heavy atom. The molecule has 0 heterocycles. The SMILES string of the molecule is COc1cccc(Sc2ccc([N+](=O)[O-])c(C(=O)O)c2)c1. The van der Waals surface area contributed by atoms with Crippen LogP contribution in [0, 0.1) is 10.1 Å². The average molecular weight is 305 g/mol. The van der Waals surface area contributed by atoms with Crippen LogP contribution in [0.1, 0.15) is 10.4 Å². The standard InChI is InChI=1S/C14H11NO5S/c1-20-9-3-2-4-10(7-9)21-11-5-6-13(15(18)19)12(8-11)14(16)17/h2-8H,1H3,(H,16,17). The van der Waals surface area contributed by atoms with E-state index in [1.807, 2.05) is 12.1 Å². The van der Waals surface area contributed by atoms with E-state index in [0.29, 0.717) is 10.6 Å². The van der Waals surface area contributed by atoms with E-state index < -0.39 is 16.6 Å². The number of carboxylic acids is 1. The third-order valence-electron chi connectivity index (χ3n) is 2.67. The van der Waals surface area contributed by atoms with Gasteiger partial charge in [-0.2, -0.15) is 0 Å². The van der Waals surface area contributed by atoms with E-state index in [4.69, 9.17) is 9.84 Å². The summed E-state index contributed by atoms with van der Waals surface area (Å²) in [4.78, 5) is 22.6. The van der Waals surface area contributed by atoms with Crippen molar-refractivity contribution in [3.05, 3.63) is 58.1 Å². The number of rotatable bonds is 5. The molecule has 0 aromatic heterocycles. The average Bonchev–Trinajstić information content (AvgIpc) is 2.47. The predicted molar refractivity (Wildman–Crippen MR) is 77.2 cm³/mol. The molecular weight excluding hydrogens is 294 g/mol. The normalized spacial score (nSPS) is 10.1. The van der Waals surface area contributed by atoms with Gasteiger partial charge in [-0.3, -0.25) is 10.1 Å². The highest BCUT2D eigenvalue weighted by Gasteiger charge is 2.20. The van der Waals surface area contributed by atoms with Crippen LogP contribution in [0.15, 0.2) is 52.3 Å². The predicted octanol–water partition coefficient (Wildman–Crippen LogP) is 3.45. The number of methoxy groups -OCH3 is 1. The van der Waals surface area contributed by atoms with E-state index in [1.165, 1.54) is 30.0 Å². The van der Waals surface area contributed by atoms with Crippen molar-refractivity contribution in [2.24, 2.45) is 0 Å². The molecule has 0 amide bonds. The maximum Gasteiger partial charge on any atom is 0.342 e. The first-order valence-electron chi connectivity index (χ1n) is 5.85. The molecule has 0 fully saturated rings. The van der Waals surface area contributed by atoms with E-state index in [0.717, 1.165) is 4.90 Å². The van der Waals surface area contributed by atoms with Crippen LogP contribution in [0.3, 0.4) is 0 Å². The summed E-state index contributed by atoms with van der Waals surface area (Å²) in [7, 11) is 1.55. The lowest BCUT2D eigenvalue weighted by Gasteiger charge is -2.05. The Kier molecular flexibility index (Phi) is 4.44. The first-order chi connectivity index (χ1) is 10.0. The molecule has 0 saturated carbocycles. The fourth-order valence-corrected chi connectivity index (χ4v) is 2.62. The maximum absolute atomic E-state index is 11.1. The van der Waals surface area contributed by atoms with Crippen LogP contribution in [-0.2, 0) is 0 Å². The Morgan fingerprint density at radius 1 is 1.24 bits per heavy atom. The summed E-state index contributed by atoms with van der Waals surface area (Å²) in [5.74, 6) is -0.643. The molecule has 0 radical (unpaired) electrons. The largest absolute Gasteiger partial charge is 0.497 e. The van der Waals surface area contributed by atoms with Crippen molar-refractivity contribution in [1.82, 2.24) is 0 Å². The number of hydrogen-bond donors (Lipinski definition) is 1. The zero-order chi connectivity index (χ0) is 15.4. The van der Waals surface area contributed by atoms with Crippen LogP contribution in [0.5, 0.6) is 5.75 Å². The number of ether oxygens (including phenoxy) is 1. The Labute approximate surface area is 124 Å². The van der Waals surface area contributed by atoms with Gasteiger partial charge in [-0.05, 0) is 30.3 Å². The zero-order valence-electron chi connectivity index (χ0n) is 11.0. The van der Waals surface area contributed by atoms with Crippen molar-refractivity contribution in [1.29, 1.82) is 0 Å². The second kappa shape index (κ2) is 6.27. The van der Waals surface area contributed by atoms with Gasteiger partial charge in [0.05, 0.1) is 12.0 Å². The Hall–Kier alpha value is -2.54. The minimum absolute atomic E-state index is 0.326. The summed E-state index contributed by atoms with van der Waals surface area (Å²) in [5.41, 5.74) is -0.745. The number of benzene rings is 2. The summed E-state index contributed by atoms with van der Waals surface area (Å²) >= 11 is 1.30. The van der Waals surface area contributed by atoms with Crippen LogP contribution >= 0.6 is 11.8 Å². The van der Waals surface area contributed by atoms with E-state index >= 15 is 0 Å². The number of carbonyl (C=O) groups is 1. The molecule has 6 nitrogen and oxygen atoms in total. The maximum atomic E-state index is 11.1. The second-order valence-corrected chi connectivity index (χ2v) is 5.17. The molecule has 0 saturated heterocycles. The molecule has 0 bridgehead atoms. The highest BCUT2D eigenvalue weighted by Crippen LogP contribution is 2.32. The lowest BCUT2D eigenvalue weighted by Crippen LogP contribution is -2.02. The molecule has 0 aliphatic rings. The Morgan fingerprint density at radius 3 is 2.57 bits per heavy atom. The van der Waals surface area contributed by atoms with E-state index in [1.54, 1.807) is 19.2 Å². The smallest absolute Gasteiger partial charge is 0.342 e. The summed E-state index contributed by atoms with van der Waals surface area (Å²) in [6.45, 7) is 0. The second-order valence-electron chi connectivity index (χ2n) is 4.02. The van der Waals surface area contributed by atoms with Gasteiger partial charge in [0.2, 0.25) is 0 Å². The van der Waals surface area contributed by atoms with Crippen LogP contribution in [0.4, 0.5) is 5.69 Å². The number of carboxylic acid groups (broad SMARTS) is 1. The van der Waals surface area contributed by atoms with Gasteiger partial charge in [0, 0.05) is 15.9 Å². The molecule has 2 rings (SSSR count). The summed E-state index contributed by atoms with van der Waals surface area (Å²) in [6.07, 6.45) is 0. The molecule has 0 spiro atoms. The fraction of sp³-hybridized carbons (Fsp3) is 0.0714. The van der Waals surface area contributed by atoms with E-state index in [2.05, 4.69) is 0 Å². The minimum atomic E-state index is -1.32. The third kappa shape index (κ3) is 3.51. The Bertz CT molecular complexity index is 702. The number of nitro groups is 1. The van der Waals surface area contributed by atoms with Crippen molar-refractivity contribution in [3.8, 4) is 5.75 Å².